The normalized spacial score (nSPS) is 12.3. The number of aryl methyl sites for hydroxylation is 1. The van der Waals surface area contributed by atoms with Gasteiger partial charge in [-0.05, 0) is 54.6 Å². The largest absolute Gasteiger partial charge is 0.454 e. The van der Waals surface area contributed by atoms with Gasteiger partial charge in [-0.1, -0.05) is 12.1 Å². The van der Waals surface area contributed by atoms with Gasteiger partial charge in [-0.25, -0.2) is 9.36 Å². The van der Waals surface area contributed by atoms with Gasteiger partial charge in [0.25, 0.3) is 5.56 Å². The van der Waals surface area contributed by atoms with Gasteiger partial charge in [-0.3, -0.25) is 14.2 Å². The third kappa shape index (κ3) is 3.27. The zero-order valence-electron chi connectivity index (χ0n) is 17.4. The van der Waals surface area contributed by atoms with E-state index in [9.17, 15) is 14.4 Å². The molecule has 5 rings (SSSR count). The lowest BCUT2D eigenvalue weighted by atomic mass is 10.1. The molecule has 32 heavy (non-hydrogen) atoms. The van der Waals surface area contributed by atoms with E-state index >= 15 is 0 Å². The fourth-order valence-corrected chi connectivity index (χ4v) is 4.57. The zero-order chi connectivity index (χ0) is 22.4. The van der Waals surface area contributed by atoms with E-state index < -0.39 is 11.6 Å². The summed E-state index contributed by atoms with van der Waals surface area (Å²) < 4.78 is 13.5. The number of hydrogen-bond donors (Lipinski definition) is 1. The highest BCUT2D eigenvalue weighted by Gasteiger charge is 2.20. The van der Waals surface area contributed by atoms with Gasteiger partial charge in [0, 0.05) is 11.8 Å². The molecule has 0 radical (unpaired) electrons. The van der Waals surface area contributed by atoms with Crippen LogP contribution in [0.5, 0.6) is 11.5 Å². The Bertz CT molecular complexity index is 1500. The van der Waals surface area contributed by atoms with Crippen molar-refractivity contribution in [2.45, 2.75) is 20.4 Å². The second-order valence-corrected chi connectivity index (χ2v) is 8.40. The number of anilines is 1. The molecule has 0 fully saturated rings. The fraction of sp³-hybridized carbons (Fsp3) is 0.174. The molecule has 1 N–H and O–H groups in total. The van der Waals surface area contributed by atoms with E-state index in [1.165, 1.54) is 15.9 Å². The monoisotopic (exact) mass is 449 g/mol. The lowest BCUT2D eigenvalue weighted by Crippen LogP contribution is -2.40. The number of hydrogen-bond acceptors (Lipinski definition) is 6. The summed E-state index contributed by atoms with van der Waals surface area (Å²) in [7, 11) is 0. The summed E-state index contributed by atoms with van der Waals surface area (Å²) in [5, 5.41) is 4.52. The van der Waals surface area contributed by atoms with Gasteiger partial charge in [0.15, 0.2) is 11.5 Å². The molecule has 8 nitrogen and oxygen atoms in total. The van der Waals surface area contributed by atoms with Gasteiger partial charge in [0.05, 0.1) is 11.2 Å². The predicted molar refractivity (Wildman–Crippen MR) is 122 cm³/mol. The highest BCUT2D eigenvalue weighted by Crippen LogP contribution is 2.34. The molecule has 0 aliphatic carbocycles. The topological polar surface area (TPSA) is 91.6 Å². The summed E-state index contributed by atoms with van der Waals surface area (Å²) in [6, 6.07) is 12.2. The summed E-state index contributed by atoms with van der Waals surface area (Å²) in [5.41, 5.74) is 2.33. The zero-order valence-corrected chi connectivity index (χ0v) is 18.2. The number of carbonyl (C=O) groups is 1. The lowest BCUT2D eigenvalue weighted by molar-refractivity contribution is -0.116. The van der Waals surface area contributed by atoms with E-state index in [1.807, 2.05) is 19.9 Å². The molecule has 0 atom stereocenters. The first kappa shape index (κ1) is 20.1. The molecule has 0 saturated heterocycles. The smallest absolute Gasteiger partial charge is 0.336 e. The molecule has 9 heteroatoms. The van der Waals surface area contributed by atoms with Crippen molar-refractivity contribution >= 4 is 33.1 Å². The molecule has 162 valence electrons. The van der Waals surface area contributed by atoms with Crippen molar-refractivity contribution in [3.8, 4) is 17.2 Å². The Morgan fingerprint density at radius 1 is 1.09 bits per heavy atom. The van der Waals surface area contributed by atoms with Crippen molar-refractivity contribution < 1.29 is 14.3 Å². The van der Waals surface area contributed by atoms with E-state index in [0.29, 0.717) is 33.1 Å². The molecule has 1 amide bonds. The van der Waals surface area contributed by atoms with Crippen LogP contribution in [-0.4, -0.2) is 21.8 Å². The van der Waals surface area contributed by atoms with E-state index in [0.717, 1.165) is 15.7 Å². The number of ether oxygens (including phenoxy) is 2. The van der Waals surface area contributed by atoms with E-state index in [-0.39, 0.29) is 18.9 Å². The first-order valence-corrected chi connectivity index (χ1v) is 10.8. The maximum atomic E-state index is 13.4. The van der Waals surface area contributed by atoms with Crippen molar-refractivity contribution in [1.29, 1.82) is 0 Å². The molecule has 0 saturated carbocycles. The van der Waals surface area contributed by atoms with Crippen molar-refractivity contribution in [1.82, 2.24) is 9.13 Å². The first-order chi connectivity index (χ1) is 15.4. The molecule has 0 bridgehead atoms. The van der Waals surface area contributed by atoms with E-state index in [1.54, 1.807) is 41.8 Å². The summed E-state index contributed by atoms with van der Waals surface area (Å²) >= 11 is 1.25. The predicted octanol–water partition coefficient (Wildman–Crippen LogP) is 3.20. The highest BCUT2D eigenvalue weighted by atomic mass is 32.1. The molecule has 2 aromatic heterocycles. The third-order valence-electron chi connectivity index (χ3n) is 5.53. The van der Waals surface area contributed by atoms with Crippen LogP contribution in [0.15, 0.2) is 57.4 Å². The van der Waals surface area contributed by atoms with Gasteiger partial charge < -0.3 is 14.8 Å². The highest BCUT2D eigenvalue weighted by molar-refractivity contribution is 7.17. The van der Waals surface area contributed by atoms with Crippen molar-refractivity contribution in [3.63, 3.8) is 0 Å². The maximum Gasteiger partial charge on any atom is 0.336 e. The van der Waals surface area contributed by atoms with Gasteiger partial charge in [0.2, 0.25) is 12.7 Å². The number of fused-ring (bicyclic) bond motifs is 2. The molecule has 1 aliphatic rings. The van der Waals surface area contributed by atoms with E-state index in [4.69, 9.17) is 9.47 Å². The van der Waals surface area contributed by atoms with Crippen molar-refractivity contribution in [2.75, 3.05) is 12.1 Å². The minimum atomic E-state index is -0.560. The van der Waals surface area contributed by atoms with E-state index in [2.05, 4.69) is 5.32 Å². The second-order valence-electron chi connectivity index (χ2n) is 7.48. The number of nitrogens with one attached hydrogen (secondary N) is 1. The Morgan fingerprint density at radius 3 is 2.75 bits per heavy atom. The van der Waals surface area contributed by atoms with Crippen LogP contribution in [0, 0.1) is 13.8 Å². The summed E-state index contributed by atoms with van der Waals surface area (Å²) in [4.78, 5) is 39.4. The first-order valence-electron chi connectivity index (χ1n) is 9.93. The number of carbonyl (C=O) groups excluding carboxylic acids is 1. The lowest BCUT2D eigenvalue weighted by Gasteiger charge is -2.15. The number of aromatic nitrogens is 2. The average molecular weight is 449 g/mol. The van der Waals surface area contributed by atoms with Crippen LogP contribution in [0.4, 0.5) is 5.69 Å². The van der Waals surface area contributed by atoms with Gasteiger partial charge >= 0.3 is 5.69 Å². The molecule has 0 unspecified atom stereocenters. The Balaban J connectivity index is 1.56. The van der Waals surface area contributed by atoms with Gasteiger partial charge in [-0.15, -0.1) is 11.3 Å². The molecule has 4 aromatic rings. The molecule has 1 aliphatic heterocycles. The van der Waals surface area contributed by atoms with Crippen LogP contribution in [0.2, 0.25) is 0 Å². The Hall–Kier alpha value is -3.85. The minimum Gasteiger partial charge on any atom is -0.454 e. The van der Waals surface area contributed by atoms with Crippen LogP contribution in [-0.2, 0) is 11.3 Å². The van der Waals surface area contributed by atoms with Crippen LogP contribution in [0.1, 0.15) is 11.1 Å². The summed E-state index contributed by atoms with van der Waals surface area (Å²) in [6.07, 6.45) is 0. The van der Waals surface area contributed by atoms with Gasteiger partial charge in [0.1, 0.15) is 11.2 Å². The third-order valence-corrected chi connectivity index (χ3v) is 6.42. The number of amides is 1. The fourth-order valence-electron chi connectivity index (χ4n) is 3.75. The van der Waals surface area contributed by atoms with Crippen molar-refractivity contribution in [2.24, 2.45) is 0 Å². The van der Waals surface area contributed by atoms with Crippen LogP contribution in [0.3, 0.4) is 0 Å². The Labute approximate surface area is 186 Å². The number of thiophene rings is 1. The summed E-state index contributed by atoms with van der Waals surface area (Å²) in [5.74, 6) is 0.757. The second kappa shape index (κ2) is 7.69. The average Bonchev–Trinajstić information content (AvgIpc) is 3.43. The Morgan fingerprint density at radius 2 is 1.91 bits per heavy atom. The SMILES string of the molecule is Cc1cccc(-n2c(=O)c3sccc3n(CC(=O)Nc3ccc4c(c3)OCO4)c2=O)c1C. The minimum absolute atomic E-state index is 0.137. The summed E-state index contributed by atoms with van der Waals surface area (Å²) in [6.45, 7) is 3.68. The van der Waals surface area contributed by atoms with Crippen LogP contribution in [0.25, 0.3) is 15.9 Å². The number of benzene rings is 2. The molecule has 3 heterocycles. The molecular formula is C23H19N3O5S. The Kier molecular flexibility index (Phi) is 4.82. The van der Waals surface area contributed by atoms with Crippen LogP contribution < -0.4 is 26.0 Å². The molecular weight excluding hydrogens is 430 g/mol. The number of nitrogens with zero attached hydrogens (tertiary/aromatic N) is 2. The molecule has 2 aromatic carbocycles. The molecule has 0 spiro atoms. The van der Waals surface area contributed by atoms with Crippen LogP contribution >= 0.6 is 11.3 Å². The van der Waals surface area contributed by atoms with Gasteiger partial charge in [-0.2, -0.15) is 0 Å². The maximum absolute atomic E-state index is 13.4. The number of rotatable bonds is 4. The quantitative estimate of drug-likeness (QED) is 0.517. The standard InChI is InChI=1S/C23H19N3O5S/c1-13-4-3-5-16(14(13)2)26-22(28)21-17(8-9-32-21)25(23(26)29)11-20(27)24-15-6-7-18-19(10-15)31-12-30-18/h3-10H,11-12H2,1-2H3,(H,24,27). The van der Waals surface area contributed by atoms with Crippen molar-refractivity contribution in [3.05, 3.63) is 79.8 Å².